The van der Waals surface area contributed by atoms with Gasteiger partial charge in [-0.2, -0.15) is 4.98 Å². The summed E-state index contributed by atoms with van der Waals surface area (Å²) in [5.74, 6) is 0.827. The van der Waals surface area contributed by atoms with E-state index in [0.29, 0.717) is 17.6 Å². The first-order chi connectivity index (χ1) is 12.7. The monoisotopic (exact) mass is 396 g/mol. The van der Waals surface area contributed by atoms with Gasteiger partial charge in [0.25, 0.3) is 5.91 Å². The number of furan rings is 1. The number of carbonyl (C=O) groups is 1. The Morgan fingerprint density at radius 2 is 2.00 bits per heavy atom. The van der Waals surface area contributed by atoms with Crippen LogP contribution < -0.4 is 5.32 Å². The number of hydrogen-bond donors (Lipinski definition) is 1. The summed E-state index contributed by atoms with van der Waals surface area (Å²) in [6.07, 6.45) is 4.43. The maximum absolute atomic E-state index is 12.5. The predicted molar refractivity (Wildman–Crippen MR) is 95.7 cm³/mol. The van der Waals surface area contributed by atoms with E-state index < -0.39 is 22.0 Å². The molecule has 0 aromatic carbocycles. The van der Waals surface area contributed by atoms with Crippen LogP contribution in [0.15, 0.2) is 19.9 Å². The molecule has 1 aliphatic carbocycles. The molecule has 1 unspecified atom stereocenters. The summed E-state index contributed by atoms with van der Waals surface area (Å²) >= 11 is 0. The van der Waals surface area contributed by atoms with Gasteiger partial charge in [-0.15, -0.1) is 0 Å². The quantitative estimate of drug-likeness (QED) is 0.796. The summed E-state index contributed by atoms with van der Waals surface area (Å²) in [7, 11) is -0.853. The Kier molecular flexibility index (Phi) is 5.38. The molecule has 1 aliphatic rings. The normalized spacial score (nSPS) is 16.8. The van der Waals surface area contributed by atoms with Gasteiger partial charge in [-0.3, -0.25) is 4.79 Å². The van der Waals surface area contributed by atoms with E-state index in [-0.39, 0.29) is 16.4 Å². The zero-order valence-corrected chi connectivity index (χ0v) is 16.7. The molecule has 1 atom stereocenters. The van der Waals surface area contributed by atoms with E-state index in [1.54, 1.807) is 6.92 Å². The Morgan fingerprint density at radius 3 is 2.63 bits per heavy atom. The SMILES string of the molecule is Cc1oc(C(=O)NC(C)c2nc(C3CCCC3)no2)cc1S(=O)(=O)N(C)C. The molecule has 9 nitrogen and oxygen atoms in total. The van der Waals surface area contributed by atoms with E-state index in [2.05, 4.69) is 15.5 Å². The summed E-state index contributed by atoms with van der Waals surface area (Å²) < 4.78 is 36.2. The first kappa shape index (κ1) is 19.6. The molecule has 27 heavy (non-hydrogen) atoms. The van der Waals surface area contributed by atoms with Crippen molar-refractivity contribution < 1.29 is 22.2 Å². The van der Waals surface area contributed by atoms with Gasteiger partial charge >= 0.3 is 0 Å². The second kappa shape index (κ2) is 7.43. The highest BCUT2D eigenvalue weighted by atomic mass is 32.2. The molecule has 0 spiro atoms. The fourth-order valence-corrected chi connectivity index (χ4v) is 4.19. The maximum Gasteiger partial charge on any atom is 0.287 e. The Morgan fingerprint density at radius 1 is 1.33 bits per heavy atom. The number of nitrogens with one attached hydrogen (secondary N) is 1. The van der Waals surface area contributed by atoms with Gasteiger partial charge in [0, 0.05) is 26.1 Å². The fourth-order valence-electron chi connectivity index (χ4n) is 3.13. The molecule has 2 aromatic rings. The minimum atomic E-state index is -3.69. The summed E-state index contributed by atoms with van der Waals surface area (Å²) in [4.78, 5) is 16.8. The Bertz CT molecular complexity index is 925. The average Bonchev–Trinajstić information content (AvgIpc) is 3.34. The second-order valence-corrected chi connectivity index (χ2v) is 9.11. The van der Waals surface area contributed by atoms with E-state index in [1.807, 2.05) is 0 Å². The summed E-state index contributed by atoms with van der Waals surface area (Å²) in [6.45, 7) is 3.22. The first-order valence-corrected chi connectivity index (χ1v) is 10.3. The van der Waals surface area contributed by atoms with Crippen LogP contribution in [0.3, 0.4) is 0 Å². The van der Waals surface area contributed by atoms with Crippen LogP contribution >= 0.6 is 0 Å². The molecule has 148 valence electrons. The summed E-state index contributed by atoms with van der Waals surface area (Å²) in [5.41, 5.74) is 0. The minimum absolute atomic E-state index is 0.0355. The largest absolute Gasteiger partial charge is 0.455 e. The van der Waals surface area contributed by atoms with Crippen molar-refractivity contribution in [1.82, 2.24) is 19.8 Å². The van der Waals surface area contributed by atoms with Gasteiger partial charge in [0.1, 0.15) is 16.7 Å². The highest BCUT2D eigenvalue weighted by molar-refractivity contribution is 7.89. The van der Waals surface area contributed by atoms with Gasteiger partial charge in [-0.05, 0) is 26.7 Å². The zero-order valence-electron chi connectivity index (χ0n) is 15.9. The van der Waals surface area contributed by atoms with Gasteiger partial charge in [0.05, 0.1) is 0 Å². The first-order valence-electron chi connectivity index (χ1n) is 8.87. The molecule has 3 rings (SSSR count). The Hall–Kier alpha value is -2.20. The number of hydrogen-bond acceptors (Lipinski definition) is 7. The van der Waals surface area contributed by atoms with E-state index in [9.17, 15) is 13.2 Å². The topological polar surface area (TPSA) is 119 Å². The zero-order chi connectivity index (χ0) is 19.8. The molecule has 1 amide bonds. The molecule has 0 radical (unpaired) electrons. The van der Waals surface area contributed by atoms with Crippen LogP contribution in [0.2, 0.25) is 0 Å². The third-order valence-corrected chi connectivity index (χ3v) is 6.67. The van der Waals surface area contributed by atoms with Crippen LogP contribution in [0.1, 0.15) is 72.6 Å². The van der Waals surface area contributed by atoms with Gasteiger partial charge in [-0.1, -0.05) is 18.0 Å². The lowest BCUT2D eigenvalue weighted by atomic mass is 10.1. The molecular formula is C17H24N4O5S. The number of aryl methyl sites for hydroxylation is 1. The number of amides is 1. The van der Waals surface area contributed by atoms with E-state index >= 15 is 0 Å². The van der Waals surface area contributed by atoms with E-state index in [0.717, 1.165) is 30.0 Å². The second-order valence-electron chi connectivity index (χ2n) is 6.99. The van der Waals surface area contributed by atoms with Gasteiger partial charge in [-0.25, -0.2) is 12.7 Å². The van der Waals surface area contributed by atoms with Crippen molar-refractivity contribution in [3.05, 3.63) is 29.3 Å². The van der Waals surface area contributed by atoms with Crippen LogP contribution in [0, 0.1) is 6.92 Å². The van der Waals surface area contributed by atoms with Crippen molar-refractivity contribution in [2.75, 3.05) is 14.1 Å². The van der Waals surface area contributed by atoms with Crippen molar-refractivity contribution in [3.8, 4) is 0 Å². The summed E-state index contributed by atoms with van der Waals surface area (Å²) in [6, 6.07) is 0.698. The lowest BCUT2D eigenvalue weighted by Crippen LogP contribution is -2.26. The van der Waals surface area contributed by atoms with Crippen LogP contribution in [0.5, 0.6) is 0 Å². The molecule has 1 saturated carbocycles. The minimum Gasteiger partial charge on any atom is -0.455 e. The van der Waals surface area contributed by atoms with Gasteiger partial charge in [0.15, 0.2) is 11.6 Å². The van der Waals surface area contributed by atoms with E-state index in [4.69, 9.17) is 8.94 Å². The van der Waals surface area contributed by atoms with Crippen molar-refractivity contribution >= 4 is 15.9 Å². The highest BCUT2D eigenvalue weighted by Gasteiger charge is 2.28. The number of nitrogens with zero attached hydrogens (tertiary/aromatic N) is 3. The van der Waals surface area contributed by atoms with Gasteiger partial charge < -0.3 is 14.3 Å². The molecular weight excluding hydrogens is 372 g/mol. The smallest absolute Gasteiger partial charge is 0.287 e. The third-order valence-electron chi connectivity index (χ3n) is 4.75. The number of aromatic nitrogens is 2. The van der Waals surface area contributed by atoms with Crippen LogP contribution in [-0.2, 0) is 10.0 Å². The number of rotatable bonds is 6. The molecule has 0 saturated heterocycles. The molecule has 10 heteroatoms. The molecule has 0 aliphatic heterocycles. The molecule has 2 heterocycles. The maximum atomic E-state index is 12.5. The van der Waals surface area contributed by atoms with E-state index in [1.165, 1.54) is 27.1 Å². The van der Waals surface area contributed by atoms with Crippen molar-refractivity contribution in [1.29, 1.82) is 0 Å². The number of sulfonamides is 1. The number of carbonyl (C=O) groups excluding carboxylic acids is 1. The lowest BCUT2D eigenvalue weighted by Gasteiger charge is -2.09. The fraction of sp³-hybridized carbons (Fsp3) is 0.588. The molecule has 0 bridgehead atoms. The molecule has 1 N–H and O–H groups in total. The van der Waals surface area contributed by atoms with Crippen molar-refractivity contribution in [3.63, 3.8) is 0 Å². The van der Waals surface area contributed by atoms with Crippen molar-refractivity contribution in [2.45, 2.75) is 56.4 Å². The van der Waals surface area contributed by atoms with Crippen LogP contribution in [0.25, 0.3) is 0 Å². The average molecular weight is 396 g/mol. The van der Waals surface area contributed by atoms with Crippen LogP contribution in [-0.4, -0.2) is 42.9 Å². The highest BCUT2D eigenvalue weighted by Crippen LogP contribution is 2.32. The third kappa shape index (κ3) is 3.91. The standard InChI is InChI=1S/C17H24N4O5S/c1-10(17-19-15(20-26-17)12-7-5-6-8-12)18-16(22)13-9-14(11(2)25-13)27(23,24)21(3)4/h9-10,12H,5-8H2,1-4H3,(H,18,22). The summed E-state index contributed by atoms with van der Waals surface area (Å²) in [5, 5.41) is 6.72. The lowest BCUT2D eigenvalue weighted by molar-refractivity contribution is 0.0903. The van der Waals surface area contributed by atoms with Gasteiger partial charge in [0.2, 0.25) is 15.9 Å². The van der Waals surface area contributed by atoms with Crippen molar-refractivity contribution in [2.24, 2.45) is 0 Å². The molecule has 1 fully saturated rings. The Labute approximate surface area is 158 Å². The predicted octanol–water partition coefficient (Wildman–Crippen LogP) is 2.37. The van der Waals surface area contributed by atoms with Crippen LogP contribution in [0.4, 0.5) is 0 Å². The molecule has 2 aromatic heterocycles. The Balaban J connectivity index is 1.72.